The van der Waals surface area contributed by atoms with Crippen LogP contribution in [0.2, 0.25) is 0 Å². The lowest BCUT2D eigenvalue weighted by atomic mass is 10.2. The van der Waals surface area contributed by atoms with Gasteiger partial charge in [0.25, 0.3) is 9.05 Å². The van der Waals surface area contributed by atoms with Gasteiger partial charge in [0.05, 0.1) is 4.90 Å². The summed E-state index contributed by atoms with van der Waals surface area (Å²) >= 11 is 0. The van der Waals surface area contributed by atoms with Gasteiger partial charge in [0, 0.05) is 16.7 Å². The fraction of sp³-hybridized carbons (Fsp3) is 0.250. The minimum atomic E-state index is -3.94. The maximum Gasteiger partial charge on any atom is 0.387 e. The summed E-state index contributed by atoms with van der Waals surface area (Å²) in [7, 11) is 1.16. The number of hydrogen-bond donors (Lipinski definition) is 0. The molecule has 0 aliphatic heterocycles. The first kappa shape index (κ1) is 12.2. The van der Waals surface area contributed by atoms with Crippen molar-refractivity contribution < 1.29 is 21.9 Å². The second-order valence-electron chi connectivity index (χ2n) is 2.74. The predicted octanol–water partition coefficient (Wildman–Crippen LogP) is 2.52. The summed E-state index contributed by atoms with van der Waals surface area (Å²) in [5, 5.41) is 0. The first-order valence-electron chi connectivity index (χ1n) is 3.81. The third-order valence-electron chi connectivity index (χ3n) is 1.65. The van der Waals surface area contributed by atoms with Gasteiger partial charge in [0.1, 0.15) is 5.75 Å². The van der Waals surface area contributed by atoms with Gasteiger partial charge in [-0.05, 0) is 18.6 Å². The largest absolute Gasteiger partial charge is 0.435 e. The summed E-state index contributed by atoms with van der Waals surface area (Å²) in [5.41, 5.74) is 0.367. The summed E-state index contributed by atoms with van der Waals surface area (Å²) in [4.78, 5) is -0.234. The summed E-state index contributed by atoms with van der Waals surface area (Å²) in [6.07, 6.45) is 0. The summed E-state index contributed by atoms with van der Waals surface area (Å²) in [5.74, 6) is -0.241. The van der Waals surface area contributed by atoms with E-state index in [-0.39, 0.29) is 10.6 Å². The topological polar surface area (TPSA) is 43.4 Å². The molecule has 0 N–H and O–H groups in total. The van der Waals surface area contributed by atoms with Crippen molar-refractivity contribution in [1.82, 2.24) is 0 Å². The Balaban J connectivity index is 3.18. The number of halogens is 3. The molecule has 0 heterocycles. The average molecular weight is 257 g/mol. The predicted molar refractivity (Wildman–Crippen MR) is 50.8 cm³/mol. The Kier molecular flexibility index (Phi) is 3.51. The molecule has 7 heteroatoms. The van der Waals surface area contributed by atoms with E-state index in [1.807, 2.05) is 0 Å². The molecule has 0 saturated heterocycles. The smallest absolute Gasteiger partial charge is 0.387 e. The standard InChI is InChI=1S/C8H7ClF2O3S/c1-5-2-3-6(14-8(10)11)4-7(5)15(9,12)13/h2-4,8H,1H3. The fourth-order valence-electron chi connectivity index (χ4n) is 1.02. The van der Waals surface area contributed by atoms with Crippen LogP contribution >= 0.6 is 10.7 Å². The zero-order valence-corrected chi connectivity index (χ0v) is 9.15. The van der Waals surface area contributed by atoms with E-state index in [2.05, 4.69) is 4.74 Å². The van der Waals surface area contributed by atoms with Crippen molar-refractivity contribution in [3.63, 3.8) is 0 Å². The van der Waals surface area contributed by atoms with Crippen LogP contribution in [0.4, 0.5) is 8.78 Å². The van der Waals surface area contributed by atoms with Crippen LogP contribution in [0, 0.1) is 6.92 Å². The van der Waals surface area contributed by atoms with Crippen LogP contribution in [0.5, 0.6) is 5.75 Å². The molecule has 1 aromatic carbocycles. The van der Waals surface area contributed by atoms with Gasteiger partial charge in [-0.1, -0.05) is 6.07 Å². The lowest BCUT2D eigenvalue weighted by Gasteiger charge is -2.07. The molecule has 1 aromatic rings. The van der Waals surface area contributed by atoms with Gasteiger partial charge >= 0.3 is 6.61 Å². The number of ether oxygens (including phenoxy) is 1. The number of rotatable bonds is 3. The van der Waals surface area contributed by atoms with Gasteiger partial charge in [0.2, 0.25) is 0 Å². The van der Waals surface area contributed by atoms with E-state index < -0.39 is 15.7 Å². The van der Waals surface area contributed by atoms with E-state index in [4.69, 9.17) is 10.7 Å². The van der Waals surface area contributed by atoms with Crippen molar-refractivity contribution in [1.29, 1.82) is 0 Å². The molecular formula is C8H7ClF2O3S. The molecule has 0 radical (unpaired) electrons. The van der Waals surface area contributed by atoms with Crippen LogP contribution in [0.1, 0.15) is 5.56 Å². The van der Waals surface area contributed by atoms with E-state index in [1.165, 1.54) is 19.1 Å². The third kappa shape index (κ3) is 3.32. The molecule has 0 saturated carbocycles. The maximum absolute atomic E-state index is 11.8. The highest BCUT2D eigenvalue weighted by Gasteiger charge is 2.15. The molecule has 0 bridgehead atoms. The van der Waals surface area contributed by atoms with Crippen LogP contribution < -0.4 is 4.74 Å². The van der Waals surface area contributed by atoms with E-state index in [0.29, 0.717) is 5.56 Å². The third-order valence-corrected chi connectivity index (χ3v) is 3.11. The Morgan fingerprint density at radius 2 is 2.00 bits per heavy atom. The van der Waals surface area contributed by atoms with Crippen LogP contribution in [-0.2, 0) is 9.05 Å². The Morgan fingerprint density at radius 1 is 1.40 bits per heavy atom. The van der Waals surface area contributed by atoms with Crippen molar-refractivity contribution in [2.75, 3.05) is 0 Å². The minimum absolute atomic E-state index is 0.234. The van der Waals surface area contributed by atoms with E-state index >= 15 is 0 Å². The number of aryl methyl sites for hydroxylation is 1. The molecule has 0 aliphatic rings. The molecule has 3 nitrogen and oxygen atoms in total. The Bertz CT molecular complexity index is 459. The second-order valence-corrected chi connectivity index (χ2v) is 5.28. The summed E-state index contributed by atoms with van der Waals surface area (Å²) < 4.78 is 49.8. The Labute approximate surface area is 90.0 Å². The molecule has 15 heavy (non-hydrogen) atoms. The van der Waals surface area contributed by atoms with Crippen LogP contribution in [0.3, 0.4) is 0 Å². The average Bonchev–Trinajstić information content (AvgIpc) is 2.05. The van der Waals surface area contributed by atoms with Gasteiger partial charge in [-0.3, -0.25) is 0 Å². The fourth-order valence-corrected chi connectivity index (χ4v) is 2.23. The molecular weight excluding hydrogens is 250 g/mol. The molecule has 0 fully saturated rings. The molecule has 1 rings (SSSR count). The zero-order chi connectivity index (χ0) is 11.6. The van der Waals surface area contributed by atoms with Crippen LogP contribution in [-0.4, -0.2) is 15.0 Å². The highest BCUT2D eigenvalue weighted by molar-refractivity contribution is 8.13. The quantitative estimate of drug-likeness (QED) is 0.781. The highest BCUT2D eigenvalue weighted by Crippen LogP contribution is 2.25. The first-order valence-corrected chi connectivity index (χ1v) is 6.12. The van der Waals surface area contributed by atoms with Gasteiger partial charge in [-0.2, -0.15) is 8.78 Å². The lowest BCUT2D eigenvalue weighted by molar-refractivity contribution is -0.0500. The summed E-state index contributed by atoms with van der Waals surface area (Å²) in [6.45, 7) is -1.50. The van der Waals surface area contributed by atoms with Gasteiger partial charge in [-0.15, -0.1) is 0 Å². The van der Waals surface area contributed by atoms with Crippen molar-refractivity contribution >= 4 is 19.7 Å². The highest BCUT2D eigenvalue weighted by atomic mass is 35.7. The molecule has 0 aromatic heterocycles. The van der Waals surface area contributed by atoms with Crippen molar-refractivity contribution in [3.05, 3.63) is 23.8 Å². The van der Waals surface area contributed by atoms with Crippen molar-refractivity contribution in [2.45, 2.75) is 18.4 Å². The Morgan fingerprint density at radius 3 is 2.47 bits per heavy atom. The van der Waals surface area contributed by atoms with Crippen molar-refractivity contribution in [3.8, 4) is 5.75 Å². The van der Waals surface area contributed by atoms with Gasteiger partial charge in [0.15, 0.2) is 0 Å². The van der Waals surface area contributed by atoms with E-state index in [9.17, 15) is 17.2 Å². The van der Waals surface area contributed by atoms with Gasteiger partial charge in [-0.25, -0.2) is 8.42 Å². The minimum Gasteiger partial charge on any atom is -0.435 e. The molecule has 0 unspecified atom stereocenters. The van der Waals surface area contributed by atoms with Gasteiger partial charge < -0.3 is 4.74 Å². The normalized spacial score (nSPS) is 11.8. The monoisotopic (exact) mass is 256 g/mol. The molecule has 0 spiro atoms. The number of alkyl halides is 2. The molecule has 0 aliphatic carbocycles. The molecule has 84 valence electrons. The number of benzene rings is 1. The summed E-state index contributed by atoms with van der Waals surface area (Å²) in [6, 6.07) is 3.55. The number of hydrogen-bond acceptors (Lipinski definition) is 3. The molecule has 0 atom stereocenters. The second kappa shape index (κ2) is 4.32. The Hall–Kier alpha value is -0.880. The van der Waals surface area contributed by atoms with Crippen LogP contribution in [0.15, 0.2) is 23.1 Å². The van der Waals surface area contributed by atoms with E-state index in [1.54, 1.807) is 0 Å². The van der Waals surface area contributed by atoms with Crippen LogP contribution in [0.25, 0.3) is 0 Å². The molecule has 0 amide bonds. The van der Waals surface area contributed by atoms with Crippen molar-refractivity contribution in [2.24, 2.45) is 0 Å². The lowest BCUT2D eigenvalue weighted by Crippen LogP contribution is -2.03. The first-order chi connectivity index (χ1) is 6.80. The zero-order valence-electron chi connectivity index (χ0n) is 7.58. The SMILES string of the molecule is Cc1ccc(OC(F)F)cc1S(=O)(=O)Cl. The van der Waals surface area contributed by atoms with E-state index in [0.717, 1.165) is 6.07 Å². The maximum atomic E-state index is 11.8.